The highest BCUT2D eigenvalue weighted by atomic mass is 28.3. The van der Waals surface area contributed by atoms with E-state index in [-0.39, 0.29) is 32.2 Å². The summed E-state index contributed by atoms with van der Waals surface area (Å²) < 4.78 is 2.16. The van der Waals surface area contributed by atoms with Crippen LogP contribution in [0.4, 0.5) is 11.4 Å². The van der Waals surface area contributed by atoms with Crippen LogP contribution in [0.25, 0.3) is 32.0 Å². The van der Waals surface area contributed by atoms with E-state index in [0.29, 0.717) is 103 Å². The summed E-state index contributed by atoms with van der Waals surface area (Å²) in [4.78, 5) is 35.9. The molecule has 0 aromatic heterocycles. The number of hydrogen-bond acceptors (Lipinski definition) is 10. The summed E-state index contributed by atoms with van der Waals surface area (Å²) in [5.74, 6) is -0.220. The summed E-state index contributed by atoms with van der Waals surface area (Å²) in [5, 5.41) is 62.4. The highest BCUT2D eigenvalue weighted by molar-refractivity contribution is 6.98. The number of benzene rings is 6. The van der Waals surface area contributed by atoms with Gasteiger partial charge in [-0.1, -0.05) is 100 Å². The van der Waals surface area contributed by atoms with Crippen LogP contribution in [0.1, 0.15) is 85.9 Å². The molecule has 0 spiro atoms. The number of anilines is 1. The maximum absolute atomic E-state index is 12.8. The molecule has 426 valence electrons. The second-order valence-electron chi connectivity index (χ2n) is 22.8. The highest BCUT2D eigenvalue weighted by Gasteiger charge is 2.41. The van der Waals surface area contributed by atoms with Crippen LogP contribution in [0.5, 0.6) is 0 Å². The van der Waals surface area contributed by atoms with E-state index < -0.39 is 22.3 Å². The molecule has 1 amide bonds. The fraction of sp³-hybridized carbons (Fsp3) is 0.299. The zero-order valence-corrected chi connectivity index (χ0v) is 49.6. The van der Waals surface area contributed by atoms with Crippen molar-refractivity contribution >= 4 is 94.3 Å². The maximum atomic E-state index is 12.8. The lowest BCUT2D eigenvalue weighted by molar-refractivity contribution is -0.462. The molecule has 1 aliphatic heterocycles. The van der Waals surface area contributed by atoms with Crippen LogP contribution in [0, 0.1) is 17.9 Å². The number of nitrogens with zero attached hydrogens (tertiary/aromatic N) is 6. The van der Waals surface area contributed by atoms with Gasteiger partial charge in [0.15, 0.2) is 17.2 Å². The van der Waals surface area contributed by atoms with Crippen molar-refractivity contribution in [2.45, 2.75) is 86.2 Å². The van der Waals surface area contributed by atoms with Gasteiger partial charge in [-0.25, -0.2) is 9.42 Å². The minimum Gasteiger partial charge on any atom is -0.423 e. The molecule has 0 radical (unpaired) electrons. The lowest BCUT2D eigenvalue weighted by Gasteiger charge is -2.38. The van der Waals surface area contributed by atoms with Crippen molar-refractivity contribution < 1.29 is 34.3 Å². The van der Waals surface area contributed by atoms with Crippen LogP contribution in [0.15, 0.2) is 150 Å². The zero-order valence-electron chi connectivity index (χ0n) is 48.6. The smallest absolute Gasteiger partial charge is 0.423 e. The number of hydrogen-bond donors (Lipinski definition) is 5. The molecule has 0 fully saturated rings. The van der Waals surface area contributed by atoms with Gasteiger partial charge in [-0.2, -0.15) is 5.26 Å². The molecule has 5 N–H and O–H groups in total. The normalized spacial score (nSPS) is 13.2. The van der Waals surface area contributed by atoms with Gasteiger partial charge >= 0.3 is 14.2 Å². The number of carbonyl (C=O) groups excluding carboxylic acids is 2. The van der Waals surface area contributed by atoms with Gasteiger partial charge in [-0.3, -0.25) is 19.4 Å². The minimum atomic E-state index is -2.32. The molecule has 0 unspecified atom stereocenters. The molecule has 8 rings (SSSR count). The summed E-state index contributed by atoms with van der Waals surface area (Å²) in [6.45, 7) is 26.6. The molecule has 1 heterocycles. The van der Waals surface area contributed by atoms with E-state index in [1.165, 1.54) is 21.5 Å². The quantitative estimate of drug-likeness (QED) is 0.0105. The van der Waals surface area contributed by atoms with Gasteiger partial charge < -0.3 is 30.3 Å². The van der Waals surface area contributed by atoms with Crippen LogP contribution < -0.4 is 26.3 Å². The third kappa shape index (κ3) is 14.0. The van der Waals surface area contributed by atoms with E-state index in [9.17, 15) is 34.9 Å². The molecule has 0 bridgehead atoms. The molecule has 0 atom stereocenters. The van der Waals surface area contributed by atoms with E-state index in [1.807, 2.05) is 12.1 Å². The van der Waals surface area contributed by atoms with Crippen LogP contribution in [0.3, 0.4) is 0 Å². The number of Topliss-reactive ketones (excluding diaryl/α,β-unsaturated/α-hetero) is 1. The first kappa shape index (κ1) is 62.8. The molecule has 0 saturated carbocycles. The molecule has 2 aliphatic rings. The molecule has 83 heavy (non-hydrogen) atoms. The average molecular weight is 1130 g/mol. The second-order valence-corrected chi connectivity index (χ2v) is 27.1. The third-order valence-corrected chi connectivity index (χ3v) is 19.5. The van der Waals surface area contributed by atoms with E-state index in [0.717, 1.165) is 55.2 Å². The predicted octanol–water partition coefficient (Wildman–Crippen LogP) is 8.36. The van der Waals surface area contributed by atoms with Crippen molar-refractivity contribution in [2.24, 2.45) is 0 Å². The first-order valence-electron chi connectivity index (χ1n) is 27.9. The average Bonchev–Trinajstić information content (AvgIpc) is 1.21. The Morgan fingerprint density at radius 1 is 0.747 bits per heavy atom. The van der Waals surface area contributed by atoms with Crippen LogP contribution in [-0.4, -0.2) is 122 Å². The largest absolute Gasteiger partial charge is 0.488 e. The number of nitrogens with one attached hydrogen (secondary N) is 1. The lowest BCUT2D eigenvalue weighted by atomic mass is 9.76. The van der Waals surface area contributed by atoms with Crippen molar-refractivity contribution in [3.8, 4) is 6.07 Å². The van der Waals surface area contributed by atoms with Gasteiger partial charge in [-0.15, -0.1) is 0 Å². The Morgan fingerprint density at radius 3 is 1.95 bits per heavy atom. The minimum absolute atomic E-state index is 0. The summed E-state index contributed by atoms with van der Waals surface area (Å²) in [6.07, 6.45) is 9.05. The van der Waals surface area contributed by atoms with Crippen molar-refractivity contribution in [3.05, 3.63) is 201 Å². The Balaban J connectivity index is 0.00000990. The first-order chi connectivity index (χ1) is 39.1. The molecular weight excluding hydrogens is 1050 g/mol. The molecular formula is C67H78B2N7O6Si+. The van der Waals surface area contributed by atoms with Gasteiger partial charge in [0.05, 0.1) is 18.2 Å². The monoisotopic (exact) mass is 1130 g/mol. The van der Waals surface area contributed by atoms with Crippen molar-refractivity contribution in [2.75, 3.05) is 52.7 Å². The fourth-order valence-corrected chi connectivity index (χ4v) is 14.6. The number of nitriles is 1. The van der Waals surface area contributed by atoms with Crippen molar-refractivity contribution in [3.63, 3.8) is 0 Å². The van der Waals surface area contributed by atoms with Crippen LogP contribution >= 0.6 is 0 Å². The fourth-order valence-electron chi connectivity index (χ4n) is 11.5. The van der Waals surface area contributed by atoms with Crippen molar-refractivity contribution in [1.82, 2.24) is 15.1 Å². The highest BCUT2D eigenvalue weighted by Crippen LogP contribution is 2.44. The molecule has 6 aromatic rings. The summed E-state index contributed by atoms with van der Waals surface area (Å²) in [7, 11) is 2.45. The van der Waals surface area contributed by atoms with E-state index in [2.05, 4.69) is 157 Å². The standard InChI is InChI=1S/C66H73B2N7O6Si.CH4/c1-43(2)62(76)19-14-15-31-74(40-48-34-49(70-5)22-29-61(48)68(80)81)42-59-53-18-13-12-17-52(53)58(41-75(32-16-30-71-66(77)44(3)4)39-47-33-45(38-69)20-28-60(47)67(78)79)54-25-21-46(35-57(54)59)65-55-26-23-50(72(6)7)36-63(55)82(10,11)64-37-51(73(8)9)24-27-56(64)65;/h12-13,17-18,20-29,33-37,78-81H,1,3,14-16,19,30-32,39-42H2,2,4,6-11H3;1H4/p+1. The number of allylic oxidation sites excluding steroid dienone is 6. The molecule has 16 heteroatoms. The van der Waals surface area contributed by atoms with Crippen LogP contribution in [-0.2, 0) is 35.8 Å². The van der Waals surface area contributed by atoms with Crippen molar-refractivity contribution in [1.29, 1.82) is 5.26 Å². The zero-order chi connectivity index (χ0) is 59.2. The van der Waals surface area contributed by atoms with E-state index in [4.69, 9.17) is 6.57 Å². The Morgan fingerprint density at radius 2 is 1.36 bits per heavy atom. The maximum Gasteiger partial charge on any atom is 0.488 e. The van der Waals surface area contributed by atoms with Gasteiger partial charge in [-0.05, 0) is 169 Å². The molecule has 0 saturated heterocycles. The van der Waals surface area contributed by atoms with Gasteiger partial charge in [0.1, 0.15) is 22.2 Å². The first-order valence-corrected chi connectivity index (χ1v) is 30.9. The Hall–Kier alpha value is -7.76. The molecule has 13 nitrogen and oxygen atoms in total. The summed E-state index contributed by atoms with van der Waals surface area (Å²) >= 11 is 0. The Bertz CT molecular complexity index is 3750. The Kier molecular flexibility index (Phi) is 20.5. The molecule has 6 aromatic carbocycles. The van der Waals surface area contributed by atoms with Crippen LogP contribution in [0.2, 0.25) is 13.1 Å². The van der Waals surface area contributed by atoms with Gasteiger partial charge in [0, 0.05) is 83.2 Å². The molecule has 1 aliphatic carbocycles. The Labute approximate surface area is 492 Å². The third-order valence-electron chi connectivity index (χ3n) is 16.0. The lowest BCUT2D eigenvalue weighted by Crippen LogP contribution is -2.49. The number of carbonyl (C=O) groups is 2. The predicted molar refractivity (Wildman–Crippen MR) is 344 cm³/mol. The number of fused-ring (bicyclic) bond motifs is 4. The second kappa shape index (κ2) is 27.1. The van der Waals surface area contributed by atoms with Gasteiger partial charge in [0.25, 0.3) is 0 Å². The number of ketones is 1. The summed E-state index contributed by atoms with van der Waals surface area (Å²) in [5.41, 5.74) is 12.4. The number of rotatable bonds is 23. The SMILES string of the molecule is C.[C-]#[N+]c1ccc(B(O)O)c(CN(CCCCC(=O)C(=C)C)Cc2c3ccccc3c(CN(CCCNC(=O)C(=C)C)Cc3cc(C#N)ccc3B(O)O)c3ccc(C4=C5C=CC(=[N+](C)C)C=C5[Si](C)(C)c5cc(N(C)C)ccc54)cc23)c1. The summed E-state index contributed by atoms with van der Waals surface area (Å²) in [6, 6.07) is 34.1. The van der Waals surface area contributed by atoms with E-state index >= 15 is 0 Å². The topological polar surface area (TPSA) is 168 Å². The number of amides is 1. The van der Waals surface area contributed by atoms with Gasteiger partial charge in [0.2, 0.25) is 5.91 Å². The number of unbranched alkanes of at least 4 members (excludes halogenated alkanes) is 1. The van der Waals surface area contributed by atoms with E-state index in [1.54, 1.807) is 50.2 Å².